The first-order valence-electron chi connectivity index (χ1n) is 8.63. The van der Waals surface area contributed by atoms with Crippen molar-refractivity contribution in [2.45, 2.75) is 20.3 Å². The Morgan fingerprint density at radius 2 is 1.89 bits per heavy atom. The van der Waals surface area contributed by atoms with Gasteiger partial charge in [0.05, 0.1) is 29.6 Å². The van der Waals surface area contributed by atoms with Gasteiger partial charge in [-0.15, -0.1) is 12.4 Å². The Morgan fingerprint density at radius 1 is 1.18 bits per heavy atom. The second kappa shape index (κ2) is 9.61. The van der Waals surface area contributed by atoms with Crippen LogP contribution in [0.4, 0.5) is 11.4 Å². The fourth-order valence-corrected chi connectivity index (χ4v) is 2.83. The fraction of sp³-hybridized carbons (Fsp3) is 0.316. The summed E-state index contributed by atoms with van der Waals surface area (Å²) in [4.78, 5) is 12.7. The predicted octanol–water partition coefficient (Wildman–Crippen LogP) is 4.51. The molecule has 3 N–H and O–H groups in total. The Kier molecular flexibility index (Phi) is 7.48. The van der Waals surface area contributed by atoms with Gasteiger partial charge in [0.1, 0.15) is 0 Å². The van der Waals surface area contributed by atoms with Gasteiger partial charge in [-0.2, -0.15) is 0 Å². The second-order valence-corrected chi connectivity index (χ2v) is 6.22. The van der Waals surface area contributed by atoms with Crippen molar-refractivity contribution >= 4 is 41.3 Å². The number of ether oxygens (including phenoxy) is 4. The average Bonchev–Trinajstić information content (AvgIpc) is 3.08. The molecule has 0 aliphatic carbocycles. The third kappa shape index (κ3) is 4.66. The number of halogens is 2. The molecule has 2 aromatic rings. The number of carbonyl (C=O) groups excluding carboxylic acids is 1. The lowest BCUT2D eigenvalue weighted by atomic mass is 10.1. The molecule has 0 saturated heterocycles. The van der Waals surface area contributed by atoms with Crippen molar-refractivity contribution in [2.75, 3.05) is 31.1 Å². The number of benzene rings is 2. The molecule has 1 aliphatic rings. The van der Waals surface area contributed by atoms with Crippen molar-refractivity contribution in [2.24, 2.45) is 0 Å². The summed E-state index contributed by atoms with van der Waals surface area (Å²) in [6.45, 7) is 4.88. The molecule has 1 heterocycles. The summed E-state index contributed by atoms with van der Waals surface area (Å²) in [5.41, 5.74) is 7.10. The molecule has 0 aromatic heterocycles. The molecule has 152 valence electrons. The van der Waals surface area contributed by atoms with Gasteiger partial charge in [0.25, 0.3) is 5.91 Å². The topological polar surface area (TPSA) is 92.0 Å². The van der Waals surface area contributed by atoms with Crippen LogP contribution in [0.25, 0.3) is 0 Å². The highest BCUT2D eigenvalue weighted by molar-refractivity contribution is 6.32. The maximum atomic E-state index is 12.7. The Bertz CT molecular complexity index is 861. The van der Waals surface area contributed by atoms with Crippen LogP contribution >= 0.6 is 24.0 Å². The quantitative estimate of drug-likeness (QED) is 0.630. The summed E-state index contributed by atoms with van der Waals surface area (Å²) in [5.74, 6) is 1.53. The van der Waals surface area contributed by atoms with Crippen LogP contribution in [0, 0.1) is 0 Å². The van der Waals surface area contributed by atoms with Crippen LogP contribution in [0.2, 0.25) is 5.02 Å². The van der Waals surface area contributed by atoms with E-state index < -0.39 is 0 Å². The molecule has 1 aliphatic heterocycles. The molecule has 9 heteroatoms. The van der Waals surface area contributed by atoms with E-state index in [4.69, 9.17) is 36.3 Å². The van der Waals surface area contributed by atoms with Crippen molar-refractivity contribution in [3.8, 4) is 23.0 Å². The summed E-state index contributed by atoms with van der Waals surface area (Å²) in [5, 5.41) is 3.06. The van der Waals surface area contributed by atoms with Crippen molar-refractivity contribution in [3.63, 3.8) is 0 Å². The predicted molar refractivity (Wildman–Crippen MR) is 111 cm³/mol. The summed E-state index contributed by atoms with van der Waals surface area (Å²) < 4.78 is 21.8. The molecule has 0 unspecified atom stereocenters. The highest BCUT2D eigenvalue weighted by Crippen LogP contribution is 2.39. The summed E-state index contributed by atoms with van der Waals surface area (Å²) in [7, 11) is 0. The highest BCUT2D eigenvalue weighted by Gasteiger charge is 2.20. The first-order valence-corrected chi connectivity index (χ1v) is 9.00. The van der Waals surface area contributed by atoms with Crippen LogP contribution in [0.15, 0.2) is 24.3 Å². The third-order valence-electron chi connectivity index (χ3n) is 3.82. The Balaban J connectivity index is 0.00000280. The molecule has 0 bridgehead atoms. The van der Waals surface area contributed by atoms with Gasteiger partial charge >= 0.3 is 0 Å². The lowest BCUT2D eigenvalue weighted by molar-refractivity contribution is 0.102. The van der Waals surface area contributed by atoms with E-state index in [9.17, 15) is 4.79 Å². The van der Waals surface area contributed by atoms with Crippen LogP contribution < -0.4 is 30.0 Å². The van der Waals surface area contributed by atoms with Gasteiger partial charge in [0.2, 0.25) is 6.79 Å². The first-order chi connectivity index (χ1) is 13.0. The molecule has 0 radical (unpaired) electrons. The van der Waals surface area contributed by atoms with Crippen LogP contribution in [0.1, 0.15) is 30.6 Å². The Hall–Kier alpha value is -2.51. The van der Waals surface area contributed by atoms with E-state index in [0.717, 1.165) is 6.42 Å². The average molecular weight is 429 g/mol. The summed E-state index contributed by atoms with van der Waals surface area (Å²) in [6.07, 6.45) is 0.827. The van der Waals surface area contributed by atoms with Gasteiger partial charge in [-0.1, -0.05) is 18.5 Å². The molecule has 0 spiro atoms. The normalized spacial score (nSPS) is 11.5. The molecule has 3 rings (SSSR count). The molecule has 0 atom stereocenters. The van der Waals surface area contributed by atoms with E-state index in [2.05, 4.69) is 5.32 Å². The molecule has 0 fully saturated rings. The van der Waals surface area contributed by atoms with Gasteiger partial charge < -0.3 is 30.0 Å². The number of carbonyl (C=O) groups is 1. The minimum atomic E-state index is -0.384. The van der Waals surface area contributed by atoms with E-state index in [1.807, 2.05) is 13.8 Å². The number of hydrogen-bond donors (Lipinski definition) is 2. The van der Waals surface area contributed by atoms with E-state index in [0.29, 0.717) is 58.2 Å². The maximum Gasteiger partial charge on any atom is 0.255 e. The van der Waals surface area contributed by atoms with E-state index >= 15 is 0 Å². The number of nitrogens with one attached hydrogen (secondary N) is 1. The van der Waals surface area contributed by atoms with Crippen LogP contribution in [-0.2, 0) is 0 Å². The standard InChI is InChI=1S/C19H21ClN2O5.ClH/c1-3-5-25-18-12(20)6-11(7-17(18)24-4-2)19(23)22-14-9-16-15(8-13(14)21)26-10-27-16;/h6-9H,3-5,10,21H2,1-2H3,(H,22,23);1H. The molecule has 7 nitrogen and oxygen atoms in total. The van der Waals surface area contributed by atoms with Gasteiger partial charge in [-0.3, -0.25) is 4.79 Å². The molecular weight excluding hydrogens is 407 g/mol. The van der Waals surface area contributed by atoms with Crippen molar-refractivity contribution in [1.29, 1.82) is 0 Å². The molecular formula is C19H22Cl2N2O5. The molecule has 2 aromatic carbocycles. The first kappa shape index (κ1) is 21.8. The largest absolute Gasteiger partial charge is 0.490 e. The molecule has 1 amide bonds. The van der Waals surface area contributed by atoms with Gasteiger partial charge in [0.15, 0.2) is 23.0 Å². The zero-order chi connectivity index (χ0) is 19.4. The fourth-order valence-electron chi connectivity index (χ4n) is 2.57. The van der Waals surface area contributed by atoms with Crippen molar-refractivity contribution < 1.29 is 23.7 Å². The summed E-state index contributed by atoms with van der Waals surface area (Å²) in [6, 6.07) is 6.37. The Morgan fingerprint density at radius 3 is 2.57 bits per heavy atom. The monoisotopic (exact) mass is 428 g/mol. The number of rotatable bonds is 7. The van der Waals surface area contributed by atoms with E-state index in [1.165, 1.54) is 6.07 Å². The molecule has 0 saturated carbocycles. The highest BCUT2D eigenvalue weighted by atomic mass is 35.5. The van der Waals surface area contributed by atoms with Crippen molar-refractivity contribution in [3.05, 3.63) is 34.9 Å². The number of anilines is 2. The van der Waals surface area contributed by atoms with Crippen molar-refractivity contribution in [1.82, 2.24) is 0 Å². The van der Waals surface area contributed by atoms with Gasteiger partial charge in [-0.05, 0) is 25.5 Å². The number of nitrogens with two attached hydrogens (primary N) is 1. The maximum absolute atomic E-state index is 12.7. The minimum Gasteiger partial charge on any atom is -0.490 e. The second-order valence-electron chi connectivity index (χ2n) is 5.81. The molecule has 28 heavy (non-hydrogen) atoms. The zero-order valence-corrected chi connectivity index (χ0v) is 17.1. The number of amides is 1. The SMILES string of the molecule is CCCOc1c(Cl)cc(C(=O)Nc2cc3c(cc2N)OCO3)cc1OCC.Cl. The Labute approximate surface area is 174 Å². The van der Waals surface area contributed by atoms with Crippen LogP contribution in [0.5, 0.6) is 23.0 Å². The lowest BCUT2D eigenvalue weighted by Gasteiger charge is -2.15. The van der Waals surface area contributed by atoms with Gasteiger partial charge in [-0.25, -0.2) is 0 Å². The zero-order valence-electron chi connectivity index (χ0n) is 15.5. The third-order valence-corrected chi connectivity index (χ3v) is 4.10. The van der Waals surface area contributed by atoms with E-state index in [-0.39, 0.29) is 25.1 Å². The number of nitrogen functional groups attached to an aromatic ring is 1. The smallest absolute Gasteiger partial charge is 0.255 e. The van der Waals surface area contributed by atoms with Crippen LogP contribution in [-0.4, -0.2) is 25.9 Å². The number of hydrogen-bond acceptors (Lipinski definition) is 6. The lowest BCUT2D eigenvalue weighted by Crippen LogP contribution is -2.14. The van der Waals surface area contributed by atoms with Crippen LogP contribution in [0.3, 0.4) is 0 Å². The summed E-state index contributed by atoms with van der Waals surface area (Å²) >= 11 is 6.31. The van der Waals surface area contributed by atoms with E-state index in [1.54, 1.807) is 18.2 Å². The minimum absolute atomic E-state index is 0. The number of fused-ring (bicyclic) bond motifs is 1. The van der Waals surface area contributed by atoms with Gasteiger partial charge in [0, 0.05) is 17.7 Å².